The number of carbonyl (C=O) groups excluding carboxylic acids is 1. The molecule has 3 heterocycles. The first-order valence-corrected chi connectivity index (χ1v) is 9.28. The highest BCUT2D eigenvalue weighted by molar-refractivity contribution is 8.02. The predicted molar refractivity (Wildman–Crippen MR) is 96.2 cm³/mol. The SMILES string of the molecule is O=C1Nc2ccccc2CCC1Sc1nnc(-c2ccncc2)s1. The summed E-state index contributed by atoms with van der Waals surface area (Å²) in [5, 5.41) is 12.2. The summed E-state index contributed by atoms with van der Waals surface area (Å²) in [6.07, 6.45) is 5.14. The molecule has 0 bridgehead atoms. The van der Waals surface area contributed by atoms with Crippen molar-refractivity contribution in [2.45, 2.75) is 22.4 Å². The second-order valence-corrected chi connectivity index (χ2v) is 7.83. The van der Waals surface area contributed by atoms with Gasteiger partial charge in [0.05, 0.1) is 5.25 Å². The van der Waals surface area contributed by atoms with Gasteiger partial charge in [0.1, 0.15) is 5.01 Å². The zero-order valence-electron chi connectivity index (χ0n) is 12.7. The van der Waals surface area contributed by atoms with Crippen LogP contribution < -0.4 is 5.32 Å². The number of thioether (sulfide) groups is 1. The molecule has 0 saturated heterocycles. The van der Waals surface area contributed by atoms with Crippen LogP contribution in [0.15, 0.2) is 53.1 Å². The first kappa shape index (κ1) is 15.3. The van der Waals surface area contributed by atoms with Crippen LogP contribution in [0, 0.1) is 0 Å². The van der Waals surface area contributed by atoms with Gasteiger partial charge in [-0.1, -0.05) is 41.3 Å². The molecule has 4 rings (SSSR count). The lowest BCUT2D eigenvalue weighted by molar-refractivity contribution is -0.115. The third kappa shape index (κ3) is 3.18. The molecule has 3 aromatic rings. The zero-order valence-corrected chi connectivity index (χ0v) is 14.3. The summed E-state index contributed by atoms with van der Waals surface area (Å²) >= 11 is 2.99. The molecular formula is C17H14N4OS2. The minimum Gasteiger partial charge on any atom is -0.325 e. The number of para-hydroxylation sites is 1. The lowest BCUT2D eigenvalue weighted by Gasteiger charge is -2.10. The summed E-state index contributed by atoms with van der Waals surface area (Å²) in [6.45, 7) is 0. The van der Waals surface area contributed by atoms with Gasteiger partial charge in [0.2, 0.25) is 5.91 Å². The van der Waals surface area contributed by atoms with E-state index in [0.717, 1.165) is 33.4 Å². The summed E-state index contributed by atoms with van der Waals surface area (Å²) in [6, 6.07) is 11.8. The number of pyridine rings is 1. The van der Waals surface area contributed by atoms with Crippen LogP contribution in [0.5, 0.6) is 0 Å². The van der Waals surface area contributed by atoms with Gasteiger partial charge in [0.15, 0.2) is 4.34 Å². The van der Waals surface area contributed by atoms with Gasteiger partial charge in [-0.15, -0.1) is 10.2 Å². The number of nitrogens with one attached hydrogen (secondary N) is 1. The number of hydrogen-bond donors (Lipinski definition) is 1. The molecule has 120 valence electrons. The number of benzene rings is 1. The van der Waals surface area contributed by atoms with E-state index in [1.165, 1.54) is 28.7 Å². The predicted octanol–water partition coefficient (Wildman–Crippen LogP) is 3.65. The Kier molecular flexibility index (Phi) is 4.27. The van der Waals surface area contributed by atoms with Crippen LogP contribution >= 0.6 is 23.1 Å². The maximum absolute atomic E-state index is 12.5. The molecule has 24 heavy (non-hydrogen) atoms. The van der Waals surface area contributed by atoms with E-state index in [-0.39, 0.29) is 11.2 Å². The first-order valence-electron chi connectivity index (χ1n) is 7.59. The molecule has 2 aromatic heterocycles. The van der Waals surface area contributed by atoms with Crippen molar-refractivity contribution >= 4 is 34.7 Å². The fourth-order valence-electron chi connectivity index (χ4n) is 2.59. The van der Waals surface area contributed by atoms with E-state index in [0.29, 0.717) is 0 Å². The number of rotatable bonds is 3. The van der Waals surface area contributed by atoms with Crippen LogP contribution in [-0.2, 0) is 11.2 Å². The third-order valence-corrected chi connectivity index (χ3v) is 6.14. The highest BCUT2D eigenvalue weighted by atomic mass is 32.2. The maximum Gasteiger partial charge on any atom is 0.237 e. The van der Waals surface area contributed by atoms with Crippen molar-refractivity contribution in [3.05, 3.63) is 54.4 Å². The van der Waals surface area contributed by atoms with Gasteiger partial charge in [-0.2, -0.15) is 0 Å². The number of fused-ring (bicyclic) bond motifs is 1. The van der Waals surface area contributed by atoms with Gasteiger partial charge in [-0.05, 0) is 36.6 Å². The molecule has 1 amide bonds. The average molecular weight is 354 g/mol. The molecule has 1 unspecified atom stereocenters. The van der Waals surface area contributed by atoms with Crippen LogP contribution in [-0.4, -0.2) is 26.3 Å². The topological polar surface area (TPSA) is 67.8 Å². The molecule has 0 spiro atoms. The lowest BCUT2D eigenvalue weighted by atomic mass is 10.1. The maximum atomic E-state index is 12.5. The average Bonchev–Trinajstić information content (AvgIpc) is 3.02. The Bertz CT molecular complexity index is 866. The summed E-state index contributed by atoms with van der Waals surface area (Å²) in [5.74, 6) is 0.0330. The highest BCUT2D eigenvalue weighted by Crippen LogP contribution is 2.35. The molecule has 0 aliphatic carbocycles. The quantitative estimate of drug-likeness (QED) is 0.778. The van der Waals surface area contributed by atoms with Gasteiger partial charge in [0.25, 0.3) is 0 Å². The van der Waals surface area contributed by atoms with E-state index >= 15 is 0 Å². The Hall–Kier alpha value is -2.25. The molecule has 1 aliphatic rings. The Balaban J connectivity index is 1.50. The zero-order chi connectivity index (χ0) is 16.4. The molecule has 0 saturated carbocycles. The minimum absolute atomic E-state index is 0.0330. The van der Waals surface area contributed by atoms with Crippen molar-refractivity contribution in [2.75, 3.05) is 5.32 Å². The van der Waals surface area contributed by atoms with Crippen LogP contribution in [0.2, 0.25) is 0 Å². The fraction of sp³-hybridized carbons (Fsp3) is 0.176. The number of anilines is 1. The molecule has 7 heteroatoms. The molecule has 5 nitrogen and oxygen atoms in total. The number of aryl methyl sites for hydroxylation is 1. The molecule has 1 aliphatic heterocycles. The molecule has 1 N–H and O–H groups in total. The Morgan fingerprint density at radius 1 is 1.12 bits per heavy atom. The smallest absolute Gasteiger partial charge is 0.237 e. The summed E-state index contributed by atoms with van der Waals surface area (Å²) in [7, 11) is 0. The van der Waals surface area contributed by atoms with Crippen LogP contribution in [0.25, 0.3) is 10.6 Å². The third-order valence-electron chi connectivity index (χ3n) is 3.82. The van der Waals surface area contributed by atoms with E-state index < -0.39 is 0 Å². The van der Waals surface area contributed by atoms with E-state index in [1.807, 2.05) is 30.3 Å². The van der Waals surface area contributed by atoms with Crippen LogP contribution in [0.3, 0.4) is 0 Å². The summed E-state index contributed by atoms with van der Waals surface area (Å²) < 4.78 is 0.813. The standard InChI is InChI=1S/C17H14N4OS2/c22-15-14(6-5-11-3-1-2-4-13(11)19-15)23-17-21-20-16(24-17)12-7-9-18-10-8-12/h1-4,7-10,14H,5-6H2,(H,19,22). The van der Waals surface area contributed by atoms with E-state index in [9.17, 15) is 4.79 Å². The van der Waals surface area contributed by atoms with Crippen molar-refractivity contribution in [3.63, 3.8) is 0 Å². The van der Waals surface area contributed by atoms with Crippen LogP contribution in [0.4, 0.5) is 5.69 Å². The Morgan fingerprint density at radius 2 is 1.96 bits per heavy atom. The normalized spacial score (nSPS) is 17.0. The highest BCUT2D eigenvalue weighted by Gasteiger charge is 2.25. The Labute approximate surface area is 147 Å². The minimum atomic E-state index is -0.157. The van der Waals surface area contributed by atoms with Gasteiger partial charge in [0, 0.05) is 23.6 Å². The first-order chi connectivity index (χ1) is 11.8. The van der Waals surface area contributed by atoms with E-state index in [2.05, 4.69) is 26.6 Å². The second kappa shape index (κ2) is 6.70. The van der Waals surface area contributed by atoms with Gasteiger partial charge < -0.3 is 5.32 Å². The molecule has 0 fully saturated rings. The van der Waals surface area contributed by atoms with Gasteiger partial charge >= 0.3 is 0 Å². The van der Waals surface area contributed by atoms with Crippen molar-refractivity contribution in [3.8, 4) is 10.6 Å². The number of hydrogen-bond acceptors (Lipinski definition) is 6. The number of aromatic nitrogens is 3. The van der Waals surface area contributed by atoms with E-state index in [4.69, 9.17) is 0 Å². The largest absolute Gasteiger partial charge is 0.325 e. The molecule has 1 atom stereocenters. The second-order valence-electron chi connectivity index (χ2n) is 5.40. The van der Waals surface area contributed by atoms with Crippen LogP contribution in [0.1, 0.15) is 12.0 Å². The summed E-state index contributed by atoms with van der Waals surface area (Å²) in [4.78, 5) is 16.5. The number of carbonyl (C=O) groups is 1. The number of nitrogens with zero attached hydrogens (tertiary/aromatic N) is 3. The number of amides is 1. The fourth-order valence-corrected chi connectivity index (χ4v) is 4.69. The molecule has 0 radical (unpaired) electrons. The van der Waals surface area contributed by atoms with Gasteiger partial charge in [-0.3, -0.25) is 9.78 Å². The molecular weight excluding hydrogens is 340 g/mol. The van der Waals surface area contributed by atoms with Crippen molar-refractivity contribution < 1.29 is 4.79 Å². The van der Waals surface area contributed by atoms with E-state index in [1.54, 1.807) is 12.4 Å². The summed E-state index contributed by atoms with van der Waals surface area (Å²) in [5.41, 5.74) is 3.09. The Morgan fingerprint density at radius 3 is 2.83 bits per heavy atom. The van der Waals surface area contributed by atoms with Crippen molar-refractivity contribution in [1.29, 1.82) is 0 Å². The van der Waals surface area contributed by atoms with Gasteiger partial charge in [-0.25, -0.2) is 0 Å². The monoisotopic (exact) mass is 354 g/mol. The molecule has 1 aromatic carbocycles. The van der Waals surface area contributed by atoms with Crippen molar-refractivity contribution in [1.82, 2.24) is 15.2 Å². The lowest BCUT2D eigenvalue weighted by Crippen LogP contribution is -2.23. The van der Waals surface area contributed by atoms with Crippen molar-refractivity contribution in [2.24, 2.45) is 0 Å².